The topological polar surface area (TPSA) is 66.6 Å². The van der Waals surface area contributed by atoms with Gasteiger partial charge in [0.2, 0.25) is 11.8 Å². The molecule has 1 heterocycles. The summed E-state index contributed by atoms with van der Waals surface area (Å²) >= 11 is 0. The predicted octanol–water partition coefficient (Wildman–Crippen LogP) is 2.25. The van der Waals surface area contributed by atoms with Crippen molar-refractivity contribution in [3.63, 3.8) is 0 Å². The first-order valence-corrected chi connectivity index (χ1v) is 10.0. The molecule has 0 spiro atoms. The summed E-state index contributed by atoms with van der Waals surface area (Å²) in [6.45, 7) is 2.30. The van der Waals surface area contributed by atoms with Gasteiger partial charge in [0, 0.05) is 32.6 Å². The van der Waals surface area contributed by atoms with Gasteiger partial charge in [-0.1, -0.05) is 60.7 Å². The molecule has 2 N–H and O–H groups in total. The molecule has 28 heavy (non-hydrogen) atoms. The third-order valence-corrected chi connectivity index (χ3v) is 5.26. The third-order valence-electron chi connectivity index (χ3n) is 5.26. The maximum Gasteiger partial charge on any atom is 0.239 e. The van der Waals surface area contributed by atoms with E-state index >= 15 is 0 Å². The lowest BCUT2D eigenvalue weighted by Gasteiger charge is -2.36. The average Bonchev–Trinajstić information content (AvgIpc) is 2.74. The Balaban J connectivity index is 1.39. The molecule has 0 aromatic heterocycles. The standard InChI is InChI=1S/C23H29N3O2/c24-21(18-20-10-5-2-6-11-20)23(28)26-16-14-25(15-17-26)22(27)13-7-12-19-8-3-1-4-9-19/h1-6,8-11,21H,7,12-18,24H2/t21-/m0/s1. The first-order chi connectivity index (χ1) is 13.6. The van der Waals surface area contributed by atoms with Crippen LogP contribution in [0.25, 0.3) is 0 Å². The van der Waals surface area contributed by atoms with E-state index in [9.17, 15) is 9.59 Å². The van der Waals surface area contributed by atoms with Crippen molar-refractivity contribution in [2.24, 2.45) is 5.73 Å². The van der Waals surface area contributed by atoms with E-state index in [2.05, 4.69) is 12.1 Å². The molecule has 0 bridgehead atoms. The van der Waals surface area contributed by atoms with E-state index in [1.165, 1.54) is 5.56 Å². The van der Waals surface area contributed by atoms with Gasteiger partial charge < -0.3 is 15.5 Å². The van der Waals surface area contributed by atoms with Crippen LogP contribution in [0.2, 0.25) is 0 Å². The molecule has 0 saturated carbocycles. The van der Waals surface area contributed by atoms with Crippen molar-refractivity contribution in [3.05, 3.63) is 71.8 Å². The number of rotatable bonds is 7. The van der Waals surface area contributed by atoms with Gasteiger partial charge in [-0.15, -0.1) is 0 Å². The largest absolute Gasteiger partial charge is 0.339 e. The number of hydrogen-bond donors (Lipinski definition) is 1. The minimum absolute atomic E-state index is 0.0278. The lowest BCUT2D eigenvalue weighted by Crippen LogP contribution is -2.54. The molecule has 1 fully saturated rings. The van der Waals surface area contributed by atoms with E-state index in [-0.39, 0.29) is 11.8 Å². The second-order valence-corrected chi connectivity index (χ2v) is 7.34. The molecular formula is C23H29N3O2. The maximum atomic E-state index is 12.6. The van der Waals surface area contributed by atoms with Gasteiger partial charge in [-0.05, 0) is 30.4 Å². The molecule has 2 aromatic carbocycles. The molecule has 2 amide bonds. The van der Waals surface area contributed by atoms with Gasteiger partial charge in [-0.2, -0.15) is 0 Å². The zero-order valence-corrected chi connectivity index (χ0v) is 16.3. The van der Waals surface area contributed by atoms with Crippen LogP contribution in [-0.2, 0) is 22.4 Å². The van der Waals surface area contributed by atoms with Crippen LogP contribution in [0.1, 0.15) is 24.0 Å². The quantitative estimate of drug-likeness (QED) is 0.802. The Bertz CT molecular complexity index is 756. The normalized spacial score (nSPS) is 15.3. The average molecular weight is 380 g/mol. The van der Waals surface area contributed by atoms with Crippen LogP contribution in [0, 0.1) is 0 Å². The predicted molar refractivity (Wildman–Crippen MR) is 111 cm³/mol. The molecule has 148 valence electrons. The van der Waals surface area contributed by atoms with Gasteiger partial charge in [0.1, 0.15) is 0 Å². The Labute approximate surface area is 167 Å². The molecule has 1 aliphatic rings. The van der Waals surface area contributed by atoms with Gasteiger partial charge in [-0.3, -0.25) is 9.59 Å². The van der Waals surface area contributed by atoms with Gasteiger partial charge in [0.25, 0.3) is 0 Å². The number of aryl methyl sites for hydroxylation is 1. The van der Waals surface area contributed by atoms with Crippen LogP contribution in [0.3, 0.4) is 0 Å². The SMILES string of the molecule is N[C@@H](Cc1ccccc1)C(=O)N1CCN(C(=O)CCCc2ccccc2)CC1. The second-order valence-electron chi connectivity index (χ2n) is 7.34. The van der Waals surface area contributed by atoms with Gasteiger partial charge in [0.05, 0.1) is 6.04 Å². The van der Waals surface area contributed by atoms with Crippen molar-refractivity contribution in [1.29, 1.82) is 0 Å². The van der Waals surface area contributed by atoms with E-state index in [1.807, 2.05) is 53.4 Å². The number of nitrogens with two attached hydrogens (primary N) is 1. The molecule has 0 radical (unpaired) electrons. The summed E-state index contributed by atoms with van der Waals surface area (Å²) in [6, 6.07) is 19.5. The van der Waals surface area contributed by atoms with Crippen LogP contribution < -0.4 is 5.73 Å². The van der Waals surface area contributed by atoms with E-state index in [4.69, 9.17) is 5.73 Å². The molecule has 1 aliphatic heterocycles. The fourth-order valence-corrected chi connectivity index (χ4v) is 3.61. The molecule has 5 nitrogen and oxygen atoms in total. The summed E-state index contributed by atoms with van der Waals surface area (Å²) in [5.74, 6) is 0.150. The number of nitrogens with zero attached hydrogens (tertiary/aromatic N) is 2. The number of piperazine rings is 1. The Kier molecular flexibility index (Phi) is 7.20. The van der Waals surface area contributed by atoms with Crippen LogP contribution in [-0.4, -0.2) is 53.8 Å². The zero-order valence-electron chi connectivity index (χ0n) is 16.3. The molecular weight excluding hydrogens is 350 g/mol. The molecule has 0 aliphatic carbocycles. The molecule has 1 atom stereocenters. The first-order valence-electron chi connectivity index (χ1n) is 10.0. The van der Waals surface area contributed by atoms with Crippen LogP contribution in [0.5, 0.6) is 0 Å². The fourth-order valence-electron chi connectivity index (χ4n) is 3.61. The third kappa shape index (κ3) is 5.67. The van der Waals surface area contributed by atoms with E-state index in [1.54, 1.807) is 4.90 Å². The smallest absolute Gasteiger partial charge is 0.239 e. The Morgan fingerprint density at radius 1 is 0.821 bits per heavy atom. The van der Waals surface area contributed by atoms with Crippen molar-refractivity contribution in [1.82, 2.24) is 9.80 Å². The van der Waals surface area contributed by atoms with E-state index in [0.29, 0.717) is 39.0 Å². The number of carbonyl (C=O) groups is 2. The Morgan fingerprint density at radius 2 is 1.36 bits per heavy atom. The Hall–Kier alpha value is -2.66. The highest BCUT2D eigenvalue weighted by atomic mass is 16.2. The van der Waals surface area contributed by atoms with Gasteiger partial charge in [-0.25, -0.2) is 0 Å². The Morgan fingerprint density at radius 3 is 1.96 bits per heavy atom. The highest BCUT2D eigenvalue weighted by Crippen LogP contribution is 2.11. The maximum absolute atomic E-state index is 12.6. The molecule has 2 aromatic rings. The minimum Gasteiger partial charge on any atom is -0.339 e. The summed E-state index contributed by atoms with van der Waals surface area (Å²) in [7, 11) is 0. The molecule has 5 heteroatoms. The first kappa shape index (κ1) is 20.1. The summed E-state index contributed by atoms with van der Waals surface area (Å²) in [5, 5.41) is 0. The summed E-state index contributed by atoms with van der Waals surface area (Å²) < 4.78 is 0. The highest BCUT2D eigenvalue weighted by Gasteiger charge is 2.27. The van der Waals surface area contributed by atoms with Gasteiger partial charge in [0.15, 0.2) is 0 Å². The number of carbonyl (C=O) groups excluding carboxylic acids is 2. The fraction of sp³-hybridized carbons (Fsp3) is 0.391. The summed E-state index contributed by atoms with van der Waals surface area (Å²) in [6.07, 6.45) is 2.86. The molecule has 1 saturated heterocycles. The van der Waals surface area contributed by atoms with E-state index in [0.717, 1.165) is 18.4 Å². The van der Waals surface area contributed by atoms with Crippen LogP contribution in [0.15, 0.2) is 60.7 Å². The van der Waals surface area contributed by atoms with Crippen molar-refractivity contribution in [2.45, 2.75) is 31.7 Å². The van der Waals surface area contributed by atoms with Crippen LogP contribution in [0.4, 0.5) is 0 Å². The van der Waals surface area contributed by atoms with Crippen molar-refractivity contribution >= 4 is 11.8 Å². The highest BCUT2D eigenvalue weighted by molar-refractivity contribution is 5.82. The van der Waals surface area contributed by atoms with Crippen LogP contribution >= 0.6 is 0 Å². The lowest BCUT2D eigenvalue weighted by atomic mass is 10.1. The van der Waals surface area contributed by atoms with Crippen molar-refractivity contribution in [2.75, 3.05) is 26.2 Å². The zero-order chi connectivity index (χ0) is 19.8. The van der Waals surface area contributed by atoms with Crippen molar-refractivity contribution < 1.29 is 9.59 Å². The summed E-state index contributed by atoms with van der Waals surface area (Å²) in [4.78, 5) is 28.7. The van der Waals surface area contributed by atoms with Crippen molar-refractivity contribution in [3.8, 4) is 0 Å². The lowest BCUT2D eigenvalue weighted by molar-refractivity contribution is -0.140. The summed E-state index contributed by atoms with van der Waals surface area (Å²) in [5.41, 5.74) is 8.45. The van der Waals surface area contributed by atoms with Gasteiger partial charge >= 0.3 is 0 Å². The number of amides is 2. The minimum atomic E-state index is -0.532. The second kappa shape index (κ2) is 10.0. The van der Waals surface area contributed by atoms with E-state index < -0.39 is 6.04 Å². The molecule has 0 unspecified atom stereocenters. The molecule has 3 rings (SSSR count). The number of hydrogen-bond acceptors (Lipinski definition) is 3. The number of benzene rings is 2. The monoisotopic (exact) mass is 379 g/mol.